The zero-order valence-electron chi connectivity index (χ0n) is 47.6. The van der Waals surface area contributed by atoms with Crippen LogP contribution in [0.25, 0.3) is 22.6 Å². The molecule has 18 nitrogen and oxygen atoms in total. The number of nitrogens with one attached hydrogen (secondary N) is 1. The number of benzene rings is 4. The molecule has 0 unspecified atom stereocenters. The molecule has 2 heterocycles. The molecule has 0 radical (unpaired) electrons. The first-order valence-corrected chi connectivity index (χ1v) is 234. The van der Waals surface area contributed by atoms with Crippen LogP contribution in [0, 0.1) is 0 Å². The van der Waals surface area contributed by atoms with E-state index >= 15 is 0 Å². The van der Waals surface area contributed by atoms with Gasteiger partial charge in [0.05, 0.1) is 67.0 Å². The van der Waals surface area contributed by atoms with E-state index in [4.69, 9.17) is 63.4 Å². The summed E-state index contributed by atoms with van der Waals surface area (Å²) < 4.78 is 102. The minimum absolute atomic E-state index is 0.00263. The van der Waals surface area contributed by atoms with E-state index in [1.54, 1.807) is 45.6 Å². The van der Waals surface area contributed by atoms with Crippen LogP contribution in [0.3, 0.4) is 0 Å². The van der Waals surface area contributed by atoms with Crippen molar-refractivity contribution in [1.82, 2.24) is 10.3 Å². The standard InChI is InChI=1S/C20H22N2O7S.C12H14N2O3.C8H9ClO4S.I18.I17/c1-25-12-13-8-9-15(26-2)14(10-13)18-11-19(21-29-18)22-30(23,24)20-16(27-3)6-5-7-17(20)28-4;1-15-7-8-3-4-10(16-2)9(5-8)11-6-12(13)14-17-11;1-12-6-4-3-5-7(13-2)8(6)14(9,10)11;1-11(2)13(5)15(7)17(9)18(10)16(8)14(6)12(3)4;1-10-12(4)14(6)16(8)17(9)15(7)13(5)11(2)3/h5-11H,12H2,1-4H3,(H,21,22);3-6H,7H2,1-2H3,(H2,13,14);3-5H,1-2H3;;/q;;;;-1. The van der Waals surface area contributed by atoms with Gasteiger partial charge >= 0.3 is 485 Å². The van der Waals surface area contributed by atoms with Gasteiger partial charge in [0.25, 0.3) is 19.1 Å². The van der Waals surface area contributed by atoms with Crippen molar-refractivity contribution < 1.29 is 77.0 Å². The van der Waals surface area contributed by atoms with Crippen LogP contribution in [0.2, 0.25) is 0 Å². The summed E-state index contributed by atoms with van der Waals surface area (Å²) in [6.07, 6.45) is 0. The second-order valence-corrected chi connectivity index (χ2v) is 766. The molecule has 0 saturated heterocycles. The number of anilines is 2. The summed E-state index contributed by atoms with van der Waals surface area (Å²) in [7, 11) is 3.54. The van der Waals surface area contributed by atoms with Gasteiger partial charge in [0.2, 0.25) is 0 Å². The molecular formula is C40H45ClI35N4O14S2-. The summed E-state index contributed by atoms with van der Waals surface area (Å²) in [5.74, 6) is 3.12. The number of nitrogens with zero attached hydrogens (tertiary/aromatic N) is 2. The van der Waals surface area contributed by atoms with Crippen molar-refractivity contribution in [2.45, 2.75) is 23.0 Å². The third-order valence-electron chi connectivity index (χ3n) is 9.34. The number of nitrogen functional groups attached to an aromatic ring is 1. The third kappa shape index (κ3) is 40.3. The topological polar surface area (TPSA) is 232 Å². The second-order valence-electron chi connectivity index (χ2n) is 14.6. The molecule has 0 amide bonds. The molecule has 0 saturated carbocycles. The summed E-state index contributed by atoms with van der Waals surface area (Å²) in [6.45, 7) is 0.929. The van der Waals surface area contributed by atoms with Crippen LogP contribution >= 0.6 is 483 Å². The van der Waals surface area contributed by atoms with Gasteiger partial charge in [0, 0.05) is 37.0 Å². The summed E-state index contributed by atoms with van der Waals surface area (Å²) >= 11 is 57.6. The zero-order chi connectivity index (χ0) is 73.1. The normalized spacial score (nSPS) is 13.4. The van der Waals surface area contributed by atoms with Crippen LogP contribution in [-0.2, 0) is 41.8 Å². The van der Waals surface area contributed by atoms with Crippen LogP contribution in [0.1, 0.15) is 11.1 Å². The zero-order valence-corrected chi connectivity index (χ0v) is 126. The van der Waals surface area contributed by atoms with Crippen molar-refractivity contribution in [3.63, 3.8) is 0 Å². The first kappa shape index (κ1) is 111. The van der Waals surface area contributed by atoms with Gasteiger partial charge in [-0.1, -0.05) is 34.6 Å². The number of hydrogen-bond acceptors (Lipinski definition) is 17. The van der Waals surface area contributed by atoms with Crippen molar-refractivity contribution in [3.05, 3.63) is 96.1 Å². The fourth-order valence-corrected chi connectivity index (χ4v) is 4830. The molecule has 56 heteroatoms. The van der Waals surface area contributed by atoms with E-state index in [9.17, 15) is 16.8 Å². The van der Waals surface area contributed by atoms with Crippen LogP contribution in [-0.4, -0.2) is 84.0 Å². The van der Waals surface area contributed by atoms with Crippen molar-refractivity contribution >= 4 is 514 Å². The second kappa shape index (κ2) is 61.7. The Bertz CT molecular complexity index is 3450. The molecule has 96 heavy (non-hydrogen) atoms. The van der Waals surface area contributed by atoms with E-state index in [2.05, 4.69) is 369 Å². The van der Waals surface area contributed by atoms with Crippen LogP contribution < -0.4 is 52.1 Å². The fourth-order valence-electron chi connectivity index (χ4n) is 5.96. The average molecular weight is 5350 g/mol. The quantitative estimate of drug-likeness (QED) is 0.0315. The number of halogens is 36. The number of nitrogens with two attached hydrogens (primary N) is 1. The molecular weight excluding hydrogens is 5300 g/mol. The maximum atomic E-state index is 13.0. The molecule has 0 spiro atoms. The Balaban J connectivity index is 0.000000422. The molecule has 0 aliphatic heterocycles. The Labute approximate surface area is 814 Å². The molecule has 0 bridgehead atoms. The van der Waals surface area contributed by atoms with E-state index in [0.29, 0.717) is 60.9 Å². The number of sulfonamides is 1. The maximum absolute atomic E-state index is 13.0. The van der Waals surface area contributed by atoms with Gasteiger partial charge in [-0.05, 0) is 59.7 Å². The van der Waals surface area contributed by atoms with Gasteiger partial charge < -0.3 is 52.7 Å². The van der Waals surface area contributed by atoms with E-state index in [-0.39, 0.29) is 133 Å². The van der Waals surface area contributed by atoms with E-state index in [1.165, 1.54) is 65.9 Å². The Morgan fingerprint density at radius 2 is 0.771 bits per heavy atom. The van der Waals surface area contributed by atoms with Crippen LogP contribution in [0.4, 0.5) is 11.6 Å². The molecule has 6 aromatic rings. The first-order valence-electron chi connectivity index (χ1n) is 22.3. The molecule has 0 atom stereocenters. The molecule has 6 rings (SSSR count). The van der Waals surface area contributed by atoms with Gasteiger partial charge in [0.1, 0.15) is 34.5 Å². The number of rotatable bonds is 30. The molecule has 574 valence electrons. The number of aromatic nitrogens is 2. The Hall–Kier alpha value is 19.4. The van der Waals surface area contributed by atoms with E-state index in [0.717, 1.165) is 16.7 Å². The van der Waals surface area contributed by atoms with E-state index < -0.39 is 42.8 Å². The van der Waals surface area contributed by atoms with Gasteiger partial charge in [0.15, 0.2) is 32.9 Å². The summed E-state index contributed by atoms with van der Waals surface area (Å²) in [4.78, 5) is -0.286. The van der Waals surface area contributed by atoms with E-state index in [1.807, 2.05) is 30.3 Å². The summed E-state index contributed by atoms with van der Waals surface area (Å²) in [5, 5.41) is 7.49. The fraction of sp³-hybridized carbons (Fsp3) is 0.250. The van der Waals surface area contributed by atoms with Crippen LogP contribution in [0.5, 0.6) is 34.5 Å². The first-order chi connectivity index (χ1) is 45.0. The monoisotopic (exact) mass is 5350 g/mol. The minimum atomic E-state index is -4.07. The summed E-state index contributed by atoms with van der Waals surface area (Å²) in [5.41, 5.74) is 8.88. The van der Waals surface area contributed by atoms with Crippen LogP contribution in [0.15, 0.2) is 104 Å². The molecule has 0 aliphatic rings. The van der Waals surface area contributed by atoms with Gasteiger partial charge in [-0.2, -0.15) is 0 Å². The average Bonchev–Trinajstić information content (AvgIpc) is 1.32. The summed E-state index contributed by atoms with van der Waals surface area (Å²) in [6, 6.07) is 23.6. The van der Waals surface area contributed by atoms with Crippen molar-refractivity contribution in [2.24, 2.45) is 0 Å². The predicted molar refractivity (Wildman–Crippen MR) is 702 cm³/mol. The van der Waals surface area contributed by atoms with Gasteiger partial charge in [-0.3, -0.25) is 4.72 Å². The number of methoxy groups -OCH3 is 8. The SMILES string of the molecule is COCc1ccc(OC)c(-c2cc(N)no2)c1.COCc1ccc(OC)c(-c2cc(NS(=O)(=O)c3c(OC)cccc3OC)no2)c1.COc1cccc(OC)c1S(=O)(=O)Cl.II(I)I(I)I(I)I(I)I(I)I(I)I(I)I(I)I.I[I-]I(I)I(I)I(I)I(I)I(I)I(I)I(I)I. The molecule has 4 aromatic carbocycles. The molecule has 2 aromatic heterocycles. The van der Waals surface area contributed by atoms with Crippen molar-refractivity contribution in [2.75, 3.05) is 67.3 Å². The van der Waals surface area contributed by atoms with Gasteiger partial charge in [-0.15, -0.1) is 0 Å². The van der Waals surface area contributed by atoms with Crippen molar-refractivity contribution in [1.29, 1.82) is 0 Å². The molecule has 0 fully saturated rings. The van der Waals surface area contributed by atoms with Gasteiger partial charge in [-0.25, -0.2) is 16.8 Å². The third-order valence-corrected chi connectivity index (χ3v) is 2240. The number of ether oxygens (including phenoxy) is 8. The Kier molecular flexibility index (Phi) is 71.6. The predicted octanol–water partition coefficient (Wildman–Crippen LogP) is 34.1. The Morgan fingerprint density at radius 1 is 0.448 bits per heavy atom. The molecule has 0 aliphatic carbocycles. The number of hydrogen-bond donors (Lipinski definition) is 2. The Morgan fingerprint density at radius 3 is 1.07 bits per heavy atom. The molecule has 3 N–H and O–H groups in total. The van der Waals surface area contributed by atoms with Crippen molar-refractivity contribution in [3.8, 4) is 57.1 Å².